The second-order valence-electron chi connectivity index (χ2n) is 6.25. The molecule has 3 heterocycles. The Morgan fingerprint density at radius 1 is 1.15 bits per heavy atom. The van der Waals surface area contributed by atoms with E-state index in [1.165, 1.54) is 34.4 Å². The van der Waals surface area contributed by atoms with E-state index in [-0.39, 0.29) is 23.6 Å². The molecule has 2 N–H and O–H groups in total. The molecule has 27 heavy (non-hydrogen) atoms. The van der Waals surface area contributed by atoms with Gasteiger partial charge in [0.15, 0.2) is 0 Å². The Balaban J connectivity index is 1.72. The van der Waals surface area contributed by atoms with Gasteiger partial charge in [-0.15, -0.1) is 11.3 Å². The number of halogens is 3. The summed E-state index contributed by atoms with van der Waals surface area (Å²) in [4.78, 5) is 27.4. The molecule has 0 unspecified atom stereocenters. The zero-order chi connectivity index (χ0) is 19.2. The van der Waals surface area contributed by atoms with Gasteiger partial charge in [0.05, 0.1) is 36.0 Å². The van der Waals surface area contributed by atoms with Crippen LogP contribution in [0, 0.1) is 0 Å². The summed E-state index contributed by atoms with van der Waals surface area (Å²) >= 11 is 1.48. The van der Waals surface area contributed by atoms with Crippen LogP contribution >= 0.6 is 11.3 Å². The van der Waals surface area contributed by atoms with Crippen LogP contribution < -0.4 is 10.6 Å². The highest BCUT2D eigenvalue weighted by Gasteiger charge is 2.43. The Hall–Kier alpha value is -2.81. The number of hydrogen-bond donors (Lipinski definition) is 2. The van der Waals surface area contributed by atoms with Crippen molar-refractivity contribution in [1.29, 1.82) is 0 Å². The van der Waals surface area contributed by atoms with Crippen LogP contribution in [-0.4, -0.2) is 23.4 Å². The maximum Gasteiger partial charge on any atom is 0.416 e. The van der Waals surface area contributed by atoms with Crippen molar-refractivity contribution in [3.8, 4) is 0 Å². The van der Waals surface area contributed by atoms with Gasteiger partial charge >= 0.3 is 12.2 Å². The highest BCUT2D eigenvalue weighted by atomic mass is 32.1. The van der Waals surface area contributed by atoms with Crippen LogP contribution in [0.25, 0.3) is 0 Å². The number of alkyl halides is 3. The lowest BCUT2D eigenvalue weighted by molar-refractivity contribution is -0.138. The van der Waals surface area contributed by atoms with E-state index < -0.39 is 23.8 Å². The van der Waals surface area contributed by atoms with Gasteiger partial charge in [0, 0.05) is 4.88 Å². The lowest BCUT2D eigenvalue weighted by Gasteiger charge is -2.27. The monoisotopic (exact) mass is 393 g/mol. The highest BCUT2D eigenvalue weighted by Crippen LogP contribution is 2.40. The summed E-state index contributed by atoms with van der Waals surface area (Å²) in [5.41, 5.74) is -0.502. The maximum atomic E-state index is 13.4. The van der Waals surface area contributed by atoms with Crippen molar-refractivity contribution >= 4 is 23.3 Å². The SMILES string of the molecule is O=C1NC2=C(C(=O)N(Cc3cccs3)C2)[C@@H](c2ccccc2C(F)(F)F)N1. The van der Waals surface area contributed by atoms with E-state index in [4.69, 9.17) is 0 Å². The van der Waals surface area contributed by atoms with Crippen molar-refractivity contribution in [2.45, 2.75) is 18.8 Å². The Labute approximate surface area is 156 Å². The van der Waals surface area contributed by atoms with Gasteiger partial charge < -0.3 is 15.5 Å². The molecule has 140 valence electrons. The number of carbonyl (C=O) groups excluding carboxylic acids is 2. The van der Waals surface area contributed by atoms with Gasteiger partial charge in [-0.25, -0.2) is 4.79 Å². The van der Waals surface area contributed by atoms with Crippen molar-refractivity contribution in [1.82, 2.24) is 15.5 Å². The van der Waals surface area contributed by atoms with Gasteiger partial charge in [0.2, 0.25) is 0 Å². The minimum atomic E-state index is -4.59. The second kappa shape index (κ2) is 6.41. The second-order valence-corrected chi connectivity index (χ2v) is 7.28. The summed E-state index contributed by atoms with van der Waals surface area (Å²) < 4.78 is 40.3. The lowest BCUT2D eigenvalue weighted by Crippen LogP contribution is -2.44. The Morgan fingerprint density at radius 2 is 1.93 bits per heavy atom. The van der Waals surface area contributed by atoms with E-state index in [0.29, 0.717) is 12.2 Å². The average molecular weight is 393 g/mol. The number of thiophene rings is 1. The zero-order valence-corrected chi connectivity index (χ0v) is 14.7. The lowest BCUT2D eigenvalue weighted by atomic mass is 9.92. The summed E-state index contributed by atoms with van der Waals surface area (Å²) in [5.74, 6) is -0.382. The quantitative estimate of drug-likeness (QED) is 0.840. The summed E-state index contributed by atoms with van der Waals surface area (Å²) in [6.45, 7) is 0.497. The van der Waals surface area contributed by atoms with Crippen molar-refractivity contribution in [3.05, 3.63) is 69.1 Å². The van der Waals surface area contributed by atoms with Gasteiger partial charge in [-0.3, -0.25) is 4.79 Å². The highest BCUT2D eigenvalue weighted by molar-refractivity contribution is 7.09. The van der Waals surface area contributed by atoms with E-state index in [9.17, 15) is 22.8 Å². The summed E-state index contributed by atoms with van der Waals surface area (Å²) in [5, 5.41) is 6.92. The Morgan fingerprint density at radius 3 is 2.63 bits per heavy atom. The summed E-state index contributed by atoms with van der Waals surface area (Å²) in [7, 11) is 0. The summed E-state index contributed by atoms with van der Waals surface area (Å²) in [6.07, 6.45) is -4.59. The number of hydrogen-bond acceptors (Lipinski definition) is 3. The number of rotatable bonds is 3. The number of urea groups is 1. The molecule has 0 radical (unpaired) electrons. The fourth-order valence-electron chi connectivity index (χ4n) is 3.39. The Bertz CT molecular complexity index is 938. The third kappa shape index (κ3) is 3.18. The average Bonchev–Trinajstić information content (AvgIpc) is 3.22. The molecule has 1 aromatic heterocycles. The molecule has 2 aliphatic rings. The van der Waals surface area contributed by atoms with Gasteiger partial charge in [-0.1, -0.05) is 24.3 Å². The number of carbonyl (C=O) groups is 2. The van der Waals surface area contributed by atoms with Gasteiger partial charge in [-0.2, -0.15) is 13.2 Å². The van der Waals surface area contributed by atoms with Crippen molar-refractivity contribution in [2.24, 2.45) is 0 Å². The van der Waals surface area contributed by atoms with Crippen LogP contribution in [0.5, 0.6) is 0 Å². The molecule has 0 spiro atoms. The molecule has 0 saturated carbocycles. The first-order valence-corrected chi connectivity index (χ1v) is 9.01. The van der Waals surface area contributed by atoms with Crippen LogP contribution in [0.15, 0.2) is 53.0 Å². The molecule has 1 aromatic carbocycles. The third-order valence-corrected chi connectivity index (χ3v) is 5.39. The van der Waals surface area contributed by atoms with E-state index in [2.05, 4.69) is 10.6 Å². The van der Waals surface area contributed by atoms with E-state index in [1.54, 1.807) is 0 Å². The fraction of sp³-hybridized carbons (Fsp3) is 0.222. The molecule has 5 nitrogen and oxygen atoms in total. The van der Waals surface area contributed by atoms with Crippen molar-refractivity contribution in [3.63, 3.8) is 0 Å². The fourth-order valence-corrected chi connectivity index (χ4v) is 4.11. The first kappa shape index (κ1) is 17.6. The molecular formula is C18H14F3N3O2S. The molecule has 0 bridgehead atoms. The molecular weight excluding hydrogens is 379 g/mol. The Kier molecular flexibility index (Phi) is 4.18. The number of benzene rings is 1. The molecule has 2 aliphatic heterocycles. The van der Waals surface area contributed by atoms with E-state index >= 15 is 0 Å². The predicted molar refractivity (Wildman–Crippen MR) is 92.6 cm³/mol. The van der Waals surface area contributed by atoms with Crippen molar-refractivity contribution in [2.75, 3.05) is 6.54 Å². The smallest absolute Gasteiger partial charge is 0.328 e. The molecule has 3 amide bonds. The number of amides is 3. The molecule has 0 saturated heterocycles. The molecule has 0 aliphatic carbocycles. The van der Waals surface area contributed by atoms with Crippen LogP contribution in [0.3, 0.4) is 0 Å². The van der Waals surface area contributed by atoms with E-state index in [1.807, 2.05) is 17.5 Å². The first-order chi connectivity index (χ1) is 12.8. The van der Waals surface area contributed by atoms with Gasteiger partial charge in [0.1, 0.15) is 0 Å². The first-order valence-electron chi connectivity index (χ1n) is 8.13. The van der Waals surface area contributed by atoms with Crippen LogP contribution in [0.1, 0.15) is 22.0 Å². The summed E-state index contributed by atoms with van der Waals surface area (Å²) in [6, 6.07) is 6.95. The van der Waals surface area contributed by atoms with Crippen molar-refractivity contribution < 1.29 is 22.8 Å². The van der Waals surface area contributed by atoms with Crippen LogP contribution in [0.4, 0.5) is 18.0 Å². The standard InChI is InChI=1S/C18H14F3N3O2S/c19-18(20,21)12-6-2-1-5-11(12)15-14-13(22-17(26)23-15)9-24(16(14)25)8-10-4-3-7-27-10/h1-7,15H,8-9H2,(H2,22,23,26)/t15-/m1/s1. The molecule has 9 heteroatoms. The predicted octanol–water partition coefficient (Wildman–Crippen LogP) is 3.42. The normalized spacial score (nSPS) is 19.8. The number of nitrogens with one attached hydrogen (secondary N) is 2. The number of nitrogens with zero attached hydrogens (tertiary/aromatic N) is 1. The van der Waals surface area contributed by atoms with Gasteiger partial charge in [-0.05, 0) is 23.1 Å². The van der Waals surface area contributed by atoms with Crippen LogP contribution in [-0.2, 0) is 17.5 Å². The molecule has 2 aromatic rings. The minimum Gasteiger partial charge on any atom is -0.328 e. The molecule has 4 rings (SSSR count). The topological polar surface area (TPSA) is 61.4 Å². The van der Waals surface area contributed by atoms with Gasteiger partial charge in [0.25, 0.3) is 5.91 Å². The minimum absolute atomic E-state index is 0.140. The largest absolute Gasteiger partial charge is 0.416 e. The molecule has 0 fully saturated rings. The van der Waals surface area contributed by atoms with E-state index in [0.717, 1.165) is 10.9 Å². The maximum absolute atomic E-state index is 13.4. The van der Waals surface area contributed by atoms with Crippen LogP contribution in [0.2, 0.25) is 0 Å². The molecule has 1 atom stereocenters. The third-order valence-electron chi connectivity index (χ3n) is 4.52. The zero-order valence-electron chi connectivity index (χ0n) is 13.8.